The van der Waals surface area contributed by atoms with Crippen LogP contribution in [0.3, 0.4) is 0 Å². The number of fused-ring (bicyclic) bond motifs is 1. The lowest BCUT2D eigenvalue weighted by Gasteiger charge is -2.28. The van der Waals surface area contributed by atoms with Gasteiger partial charge in [0.25, 0.3) is 0 Å². The minimum atomic E-state index is -0.976. The minimum Gasteiger partial charge on any atom is -0.439 e. The maximum atomic E-state index is 12.4. The Morgan fingerprint density at radius 3 is 2.32 bits per heavy atom. The number of carbonyl (C=O) groups excluding carboxylic acids is 1. The first kappa shape index (κ1) is 12.8. The van der Waals surface area contributed by atoms with Crippen LogP contribution in [0.25, 0.3) is 0 Å². The zero-order chi connectivity index (χ0) is 15.0. The van der Waals surface area contributed by atoms with Crippen LogP contribution < -0.4 is 0 Å². The van der Waals surface area contributed by atoms with Gasteiger partial charge in [-0.25, -0.2) is 4.79 Å². The van der Waals surface area contributed by atoms with E-state index in [4.69, 9.17) is 4.74 Å². The summed E-state index contributed by atoms with van der Waals surface area (Å²) in [5, 5.41) is 0. The maximum Gasteiger partial charge on any atom is 0.340 e. The van der Waals surface area contributed by atoms with Crippen molar-refractivity contribution in [3.05, 3.63) is 101 Å². The van der Waals surface area contributed by atoms with Gasteiger partial charge in [-0.05, 0) is 18.2 Å². The van der Waals surface area contributed by atoms with Gasteiger partial charge in [0.1, 0.15) is 0 Å². The smallest absolute Gasteiger partial charge is 0.340 e. The maximum absolute atomic E-state index is 12.4. The second-order valence-corrected chi connectivity index (χ2v) is 5.20. The van der Waals surface area contributed by atoms with E-state index in [-0.39, 0.29) is 5.97 Å². The van der Waals surface area contributed by atoms with Gasteiger partial charge in [-0.1, -0.05) is 54.6 Å². The minimum absolute atomic E-state index is 0.315. The molecule has 0 N–H and O–H groups in total. The van der Waals surface area contributed by atoms with Gasteiger partial charge in [0.15, 0.2) is 0 Å². The van der Waals surface area contributed by atoms with Crippen LogP contribution in [0.15, 0.2) is 79.0 Å². The van der Waals surface area contributed by atoms with Gasteiger partial charge in [-0.2, -0.15) is 0 Å². The molecule has 0 amide bonds. The van der Waals surface area contributed by atoms with Crippen molar-refractivity contribution in [2.45, 2.75) is 5.60 Å². The Morgan fingerprint density at radius 1 is 0.818 bits per heavy atom. The molecule has 1 atom stereocenters. The molecule has 3 heteroatoms. The number of cyclic esters (lactones) is 1. The molecule has 22 heavy (non-hydrogen) atoms. The summed E-state index contributed by atoms with van der Waals surface area (Å²) in [5.74, 6) is -0.315. The highest BCUT2D eigenvalue weighted by Crippen LogP contribution is 2.45. The Hall–Kier alpha value is -2.94. The van der Waals surface area contributed by atoms with Crippen molar-refractivity contribution >= 4 is 5.97 Å². The summed E-state index contributed by atoms with van der Waals surface area (Å²) in [6.07, 6.45) is 1.72. The molecule has 0 saturated heterocycles. The molecule has 0 aliphatic carbocycles. The Bertz CT molecular complexity index is 789. The molecule has 0 saturated carbocycles. The lowest BCUT2D eigenvalue weighted by Crippen LogP contribution is -2.30. The third kappa shape index (κ3) is 1.69. The number of pyridine rings is 1. The molecule has 2 aromatic carbocycles. The predicted molar refractivity (Wildman–Crippen MR) is 82.4 cm³/mol. The number of ether oxygens (including phenoxy) is 1. The first-order valence-corrected chi connectivity index (χ1v) is 7.12. The van der Waals surface area contributed by atoms with Crippen LogP contribution in [0.5, 0.6) is 0 Å². The molecule has 0 fully saturated rings. The van der Waals surface area contributed by atoms with Crippen LogP contribution in [-0.4, -0.2) is 11.0 Å². The van der Waals surface area contributed by atoms with Crippen molar-refractivity contribution in [1.82, 2.24) is 4.98 Å². The van der Waals surface area contributed by atoms with Gasteiger partial charge in [0.05, 0.1) is 11.3 Å². The van der Waals surface area contributed by atoms with E-state index >= 15 is 0 Å². The first-order valence-electron chi connectivity index (χ1n) is 7.12. The van der Waals surface area contributed by atoms with Gasteiger partial charge in [0.2, 0.25) is 5.60 Å². The summed E-state index contributed by atoms with van der Waals surface area (Å²) < 4.78 is 5.89. The number of rotatable bonds is 2. The molecule has 0 bridgehead atoms. The molecule has 4 rings (SSSR count). The Morgan fingerprint density at radius 2 is 1.55 bits per heavy atom. The van der Waals surface area contributed by atoms with Gasteiger partial charge in [0, 0.05) is 17.3 Å². The van der Waals surface area contributed by atoms with Crippen LogP contribution >= 0.6 is 0 Å². The van der Waals surface area contributed by atoms with Crippen LogP contribution in [-0.2, 0) is 10.3 Å². The number of esters is 1. The average molecular weight is 287 g/mol. The largest absolute Gasteiger partial charge is 0.439 e. The van der Waals surface area contributed by atoms with E-state index in [9.17, 15) is 4.79 Å². The van der Waals surface area contributed by atoms with E-state index in [0.717, 1.165) is 11.1 Å². The van der Waals surface area contributed by atoms with Crippen molar-refractivity contribution in [3.8, 4) is 0 Å². The molecule has 106 valence electrons. The molecule has 0 spiro atoms. The summed E-state index contributed by atoms with van der Waals surface area (Å²) in [6, 6.07) is 22.9. The van der Waals surface area contributed by atoms with Crippen LogP contribution in [0, 0.1) is 0 Å². The summed E-state index contributed by atoms with van der Waals surface area (Å²) in [6.45, 7) is 0. The van der Waals surface area contributed by atoms with Gasteiger partial charge >= 0.3 is 5.97 Å². The van der Waals surface area contributed by atoms with Crippen LogP contribution in [0.4, 0.5) is 0 Å². The monoisotopic (exact) mass is 287 g/mol. The van der Waals surface area contributed by atoms with Gasteiger partial charge in [-0.15, -0.1) is 0 Å². The second-order valence-electron chi connectivity index (χ2n) is 5.20. The number of aromatic nitrogens is 1. The van der Waals surface area contributed by atoms with Crippen LogP contribution in [0.1, 0.15) is 27.2 Å². The number of hydrogen-bond donors (Lipinski definition) is 0. The SMILES string of the molecule is O=C1OC(c2ccccc2)(c2ccccn2)c2ccccc21. The number of benzene rings is 2. The zero-order valence-corrected chi connectivity index (χ0v) is 11.8. The van der Waals surface area contributed by atoms with Gasteiger partial charge < -0.3 is 4.74 Å². The van der Waals surface area contributed by atoms with E-state index in [1.807, 2.05) is 66.7 Å². The Labute approximate surface area is 128 Å². The third-order valence-electron chi connectivity index (χ3n) is 3.98. The highest BCUT2D eigenvalue weighted by atomic mass is 16.6. The van der Waals surface area contributed by atoms with E-state index in [0.29, 0.717) is 11.3 Å². The Kier molecular flexibility index (Phi) is 2.79. The number of nitrogens with zero attached hydrogens (tertiary/aromatic N) is 1. The summed E-state index contributed by atoms with van der Waals surface area (Å²) in [4.78, 5) is 16.8. The van der Waals surface area contributed by atoms with Crippen molar-refractivity contribution in [1.29, 1.82) is 0 Å². The van der Waals surface area contributed by atoms with Gasteiger partial charge in [-0.3, -0.25) is 4.98 Å². The lowest BCUT2D eigenvalue weighted by atomic mass is 9.82. The predicted octanol–water partition coefficient (Wildman–Crippen LogP) is 3.54. The molecule has 2 heterocycles. The molecule has 0 radical (unpaired) electrons. The molecule has 1 aliphatic heterocycles. The zero-order valence-electron chi connectivity index (χ0n) is 11.8. The Balaban J connectivity index is 2.06. The quantitative estimate of drug-likeness (QED) is 0.677. The molecular formula is C19H13NO2. The van der Waals surface area contributed by atoms with E-state index in [1.54, 1.807) is 12.3 Å². The van der Waals surface area contributed by atoms with E-state index < -0.39 is 5.60 Å². The fourth-order valence-electron chi connectivity index (χ4n) is 3.01. The van der Waals surface area contributed by atoms with Crippen molar-refractivity contribution in [2.75, 3.05) is 0 Å². The summed E-state index contributed by atoms with van der Waals surface area (Å²) in [7, 11) is 0. The van der Waals surface area contributed by atoms with E-state index in [2.05, 4.69) is 4.98 Å². The third-order valence-corrected chi connectivity index (χ3v) is 3.98. The van der Waals surface area contributed by atoms with Crippen LogP contribution in [0.2, 0.25) is 0 Å². The van der Waals surface area contributed by atoms with Crippen molar-refractivity contribution in [3.63, 3.8) is 0 Å². The fourth-order valence-corrected chi connectivity index (χ4v) is 3.01. The molecule has 3 nitrogen and oxygen atoms in total. The standard InChI is InChI=1S/C19H13NO2/c21-18-15-10-4-5-11-16(15)19(22-18,14-8-2-1-3-9-14)17-12-6-7-13-20-17/h1-13H. The molecule has 1 aliphatic rings. The number of hydrogen-bond acceptors (Lipinski definition) is 3. The average Bonchev–Trinajstić information content (AvgIpc) is 2.91. The second kappa shape index (κ2) is 4.81. The highest BCUT2D eigenvalue weighted by molar-refractivity contribution is 5.96. The number of carbonyl (C=O) groups is 1. The van der Waals surface area contributed by atoms with E-state index in [1.165, 1.54) is 0 Å². The molecule has 3 aromatic rings. The normalized spacial score (nSPS) is 19.5. The molecular weight excluding hydrogens is 274 g/mol. The molecule has 1 unspecified atom stereocenters. The summed E-state index contributed by atoms with van der Waals surface area (Å²) in [5.41, 5.74) is 2.06. The first-order chi connectivity index (χ1) is 10.8. The molecule has 1 aromatic heterocycles. The highest BCUT2D eigenvalue weighted by Gasteiger charge is 2.49. The van der Waals surface area contributed by atoms with Crippen molar-refractivity contribution < 1.29 is 9.53 Å². The topological polar surface area (TPSA) is 39.2 Å². The fraction of sp³-hybridized carbons (Fsp3) is 0.0526. The lowest BCUT2D eigenvalue weighted by molar-refractivity contribution is 0.0239. The summed E-state index contributed by atoms with van der Waals surface area (Å²) >= 11 is 0. The van der Waals surface area contributed by atoms with Crippen molar-refractivity contribution in [2.24, 2.45) is 0 Å².